The predicted molar refractivity (Wildman–Crippen MR) is 68.5 cm³/mol. The SMILES string of the molecule is NCc1ccccc1Oc1ccc(Br)c(F)c1. The van der Waals surface area contributed by atoms with Crippen molar-refractivity contribution in [1.29, 1.82) is 0 Å². The first-order chi connectivity index (χ1) is 8.20. The van der Waals surface area contributed by atoms with Crippen molar-refractivity contribution < 1.29 is 9.13 Å². The fourth-order valence-corrected chi connectivity index (χ4v) is 1.69. The van der Waals surface area contributed by atoms with Crippen LogP contribution in [-0.4, -0.2) is 0 Å². The normalized spacial score (nSPS) is 10.3. The summed E-state index contributed by atoms with van der Waals surface area (Å²) in [5, 5.41) is 0. The molecule has 0 heterocycles. The third-order valence-corrected chi connectivity index (χ3v) is 2.95. The Hall–Kier alpha value is -1.39. The van der Waals surface area contributed by atoms with Gasteiger partial charge in [-0.3, -0.25) is 0 Å². The summed E-state index contributed by atoms with van der Waals surface area (Å²) in [7, 11) is 0. The van der Waals surface area contributed by atoms with Crippen LogP contribution in [0.4, 0.5) is 4.39 Å². The van der Waals surface area contributed by atoms with Gasteiger partial charge in [0.2, 0.25) is 0 Å². The van der Waals surface area contributed by atoms with Gasteiger partial charge in [-0.15, -0.1) is 0 Å². The van der Waals surface area contributed by atoms with Gasteiger partial charge in [0.25, 0.3) is 0 Å². The molecular weight excluding hydrogens is 285 g/mol. The Kier molecular flexibility index (Phi) is 3.76. The van der Waals surface area contributed by atoms with Gasteiger partial charge in [0, 0.05) is 18.2 Å². The van der Waals surface area contributed by atoms with Crippen molar-refractivity contribution in [1.82, 2.24) is 0 Å². The van der Waals surface area contributed by atoms with Crippen LogP contribution in [0, 0.1) is 5.82 Å². The highest BCUT2D eigenvalue weighted by Gasteiger charge is 2.05. The first-order valence-corrected chi connectivity index (χ1v) is 5.91. The summed E-state index contributed by atoms with van der Waals surface area (Å²) < 4.78 is 19.3. The average molecular weight is 296 g/mol. The van der Waals surface area contributed by atoms with E-state index in [1.54, 1.807) is 12.1 Å². The Morgan fingerprint density at radius 1 is 1.18 bits per heavy atom. The molecule has 2 rings (SSSR count). The van der Waals surface area contributed by atoms with Crippen LogP contribution in [0.3, 0.4) is 0 Å². The van der Waals surface area contributed by atoms with E-state index in [4.69, 9.17) is 10.5 Å². The number of rotatable bonds is 3. The maximum atomic E-state index is 13.3. The molecular formula is C13H11BrFNO. The summed E-state index contributed by atoms with van der Waals surface area (Å²) in [5.74, 6) is 0.746. The summed E-state index contributed by atoms with van der Waals surface area (Å²) in [6, 6.07) is 12.1. The van der Waals surface area contributed by atoms with E-state index in [0.717, 1.165) is 5.56 Å². The summed E-state index contributed by atoms with van der Waals surface area (Å²) in [6.07, 6.45) is 0. The van der Waals surface area contributed by atoms with E-state index in [-0.39, 0.29) is 5.82 Å². The van der Waals surface area contributed by atoms with Crippen LogP contribution >= 0.6 is 15.9 Å². The Balaban J connectivity index is 2.28. The van der Waals surface area contributed by atoms with Crippen molar-refractivity contribution >= 4 is 15.9 Å². The highest BCUT2D eigenvalue weighted by atomic mass is 79.9. The fourth-order valence-electron chi connectivity index (χ4n) is 1.44. The molecule has 0 radical (unpaired) electrons. The van der Waals surface area contributed by atoms with Crippen LogP contribution in [0.2, 0.25) is 0 Å². The van der Waals surface area contributed by atoms with Gasteiger partial charge in [-0.1, -0.05) is 18.2 Å². The Labute approximate surface area is 107 Å². The average Bonchev–Trinajstić information content (AvgIpc) is 2.34. The maximum absolute atomic E-state index is 13.3. The molecule has 2 aromatic rings. The lowest BCUT2D eigenvalue weighted by molar-refractivity contribution is 0.470. The minimum absolute atomic E-state index is 0.354. The zero-order valence-electron chi connectivity index (χ0n) is 8.99. The second kappa shape index (κ2) is 5.29. The summed E-state index contributed by atoms with van der Waals surface area (Å²) in [6.45, 7) is 0.384. The molecule has 2 N–H and O–H groups in total. The van der Waals surface area contributed by atoms with Gasteiger partial charge in [0.05, 0.1) is 4.47 Å². The minimum atomic E-state index is -0.354. The second-order valence-corrected chi connectivity index (χ2v) is 4.34. The Bertz CT molecular complexity index is 531. The van der Waals surface area contributed by atoms with Gasteiger partial charge in [-0.2, -0.15) is 0 Å². The monoisotopic (exact) mass is 295 g/mol. The smallest absolute Gasteiger partial charge is 0.141 e. The molecule has 88 valence electrons. The van der Waals surface area contributed by atoms with Crippen LogP contribution in [-0.2, 0) is 6.54 Å². The molecule has 0 unspecified atom stereocenters. The van der Waals surface area contributed by atoms with Crippen LogP contribution in [0.25, 0.3) is 0 Å². The Morgan fingerprint density at radius 3 is 2.65 bits per heavy atom. The lowest BCUT2D eigenvalue weighted by Crippen LogP contribution is -1.99. The molecule has 2 nitrogen and oxygen atoms in total. The molecule has 0 spiro atoms. The van der Waals surface area contributed by atoms with E-state index in [1.807, 2.05) is 24.3 Å². The van der Waals surface area contributed by atoms with Crippen molar-refractivity contribution in [2.45, 2.75) is 6.54 Å². The summed E-state index contributed by atoms with van der Waals surface area (Å²) in [4.78, 5) is 0. The first kappa shape index (κ1) is 12.1. The number of halogens is 2. The topological polar surface area (TPSA) is 35.2 Å². The highest BCUT2D eigenvalue weighted by molar-refractivity contribution is 9.10. The van der Waals surface area contributed by atoms with Gasteiger partial charge in [0.15, 0.2) is 0 Å². The second-order valence-electron chi connectivity index (χ2n) is 3.49. The van der Waals surface area contributed by atoms with Crippen LogP contribution in [0.15, 0.2) is 46.9 Å². The summed E-state index contributed by atoms with van der Waals surface area (Å²) in [5.41, 5.74) is 6.48. The zero-order chi connectivity index (χ0) is 12.3. The number of ether oxygens (including phenoxy) is 1. The third kappa shape index (κ3) is 2.84. The van der Waals surface area contributed by atoms with Crippen LogP contribution < -0.4 is 10.5 Å². The maximum Gasteiger partial charge on any atom is 0.141 e. The quantitative estimate of drug-likeness (QED) is 0.934. The number of benzene rings is 2. The third-order valence-electron chi connectivity index (χ3n) is 2.31. The number of hydrogen-bond acceptors (Lipinski definition) is 2. The van der Waals surface area contributed by atoms with Crippen LogP contribution in [0.5, 0.6) is 11.5 Å². The molecule has 0 saturated heterocycles. The van der Waals surface area contributed by atoms with E-state index in [1.165, 1.54) is 6.07 Å². The van der Waals surface area contributed by atoms with Gasteiger partial charge in [0.1, 0.15) is 17.3 Å². The van der Waals surface area contributed by atoms with E-state index in [9.17, 15) is 4.39 Å². The molecule has 0 bridgehead atoms. The molecule has 0 aromatic heterocycles. The van der Waals surface area contributed by atoms with Crippen molar-refractivity contribution in [3.8, 4) is 11.5 Å². The molecule has 0 aliphatic carbocycles. The van der Waals surface area contributed by atoms with Gasteiger partial charge in [-0.05, 0) is 34.1 Å². The van der Waals surface area contributed by atoms with E-state index in [0.29, 0.717) is 22.5 Å². The number of para-hydroxylation sites is 1. The van der Waals surface area contributed by atoms with E-state index in [2.05, 4.69) is 15.9 Å². The lowest BCUT2D eigenvalue weighted by atomic mass is 10.2. The Morgan fingerprint density at radius 2 is 1.94 bits per heavy atom. The van der Waals surface area contributed by atoms with E-state index >= 15 is 0 Å². The van der Waals surface area contributed by atoms with Crippen molar-refractivity contribution in [3.63, 3.8) is 0 Å². The molecule has 0 fully saturated rings. The number of nitrogens with two attached hydrogens (primary N) is 1. The molecule has 17 heavy (non-hydrogen) atoms. The van der Waals surface area contributed by atoms with Gasteiger partial charge in [-0.25, -0.2) is 4.39 Å². The van der Waals surface area contributed by atoms with Crippen molar-refractivity contribution in [3.05, 3.63) is 58.3 Å². The molecule has 0 saturated carbocycles. The highest BCUT2D eigenvalue weighted by Crippen LogP contribution is 2.27. The van der Waals surface area contributed by atoms with Gasteiger partial charge >= 0.3 is 0 Å². The van der Waals surface area contributed by atoms with Gasteiger partial charge < -0.3 is 10.5 Å². The fraction of sp³-hybridized carbons (Fsp3) is 0.0769. The van der Waals surface area contributed by atoms with Crippen molar-refractivity contribution in [2.75, 3.05) is 0 Å². The molecule has 0 aliphatic rings. The lowest BCUT2D eigenvalue weighted by Gasteiger charge is -2.09. The van der Waals surface area contributed by atoms with Crippen LogP contribution in [0.1, 0.15) is 5.56 Å². The zero-order valence-corrected chi connectivity index (χ0v) is 10.6. The molecule has 0 amide bonds. The van der Waals surface area contributed by atoms with Crippen molar-refractivity contribution in [2.24, 2.45) is 5.73 Å². The molecule has 0 atom stereocenters. The largest absolute Gasteiger partial charge is 0.457 e. The molecule has 0 aliphatic heterocycles. The molecule has 2 aromatic carbocycles. The first-order valence-electron chi connectivity index (χ1n) is 5.11. The predicted octanol–water partition coefficient (Wildman–Crippen LogP) is 3.84. The summed E-state index contributed by atoms with van der Waals surface area (Å²) >= 11 is 3.09. The molecule has 4 heteroatoms. The van der Waals surface area contributed by atoms with E-state index < -0.39 is 0 Å². The standard InChI is InChI=1S/C13H11BrFNO/c14-11-6-5-10(7-12(11)15)17-13-4-2-1-3-9(13)8-16/h1-7H,8,16H2. The minimum Gasteiger partial charge on any atom is -0.457 e. The number of hydrogen-bond donors (Lipinski definition) is 1.